The first-order valence-electron chi connectivity index (χ1n) is 11.2. The highest BCUT2D eigenvalue weighted by Crippen LogP contribution is 2.37. The van der Waals surface area contributed by atoms with Gasteiger partial charge >= 0.3 is 0 Å². The number of piperidine rings is 1. The van der Waals surface area contributed by atoms with Crippen LogP contribution in [0.5, 0.6) is 0 Å². The SMILES string of the molecule is Cc1cccc2cc(/C=C3\SC(=S)N(Cc4ccccc4Cl)C3=O)c(N3CCCCC3)nc12. The van der Waals surface area contributed by atoms with E-state index in [2.05, 4.69) is 30.0 Å². The van der Waals surface area contributed by atoms with Gasteiger partial charge in [0.05, 0.1) is 17.0 Å². The number of amides is 1. The lowest BCUT2D eigenvalue weighted by Gasteiger charge is -2.29. The first kappa shape index (κ1) is 22.4. The van der Waals surface area contributed by atoms with Gasteiger partial charge in [0.1, 0.15) is 10.1 Å². The summed E-state index contributed by atoms with van der Waals surface area (Å²) in [7, 11) is 0. The molecule has 0 atom stereocenters. The fourth-order valence-corrected chi connectivity index (χ4v) is 5.83. The molecule has 1 amide bonds. The van der Waals surface area contributed by atoms with Crippen LogP contribution in [0.1, 0.15) is 36.0 Å². The van der Waals surface area contributed by atoms with Crippen molar-refractivity contribution < 1.29 is 4.79 Å². The number of nitrogens with zero attached hydrogens (tertiary/aromatic N) is 3. The fraction of sp³-hybridized carbons (Fsp3) is 0.269. The summed E-state index contributed by atoms with van der Waals surface area (Å²) in [6.07, 6.45) is 5.53. The molecule has 2 fully saturated rings. The number of carbonyl (C=O) groups is 1. The Morgan fingerprint density at radius 3 is 2.70 bits per heavy atom. The number of rotatable bonds is 4. The third-order valence-electron chi connectivity index (χ3n) is 6.16. The van der Waals surface area contributed by atoms with E-state index in [1.807, 2.05) is 36.4 Å². The number of anilines is 1. The van der Waals surface area contributed by atoms with Crippen LogP contribution in [0.25, 0.3) is 17.0 Å². The van der Waals surface area contributed by atoms with Crippen molar-refractivity contribution in [2.45, 2.75) is 32.7 Å². The molecule has 1 aromatic heterocycles. The van der Waals surface area contributed by atoms with Crippen LogP contribution in [-0.2, 0) is 11.3 Å². The van der Waals surface area contributed by atoms with E-state index >= 15 is 0 Å². The zero-order chi connectivity index (χ0) is 22.9. The summed E-state index contributed by atoms with van der Waals surface area (Å²) in [5.41, 5.74) is 4.02. The highest BCUT2D eigenvalue weighted by atomic mass is 35.5. The number of halogens is 1. The molecule has 2 aromatic carbocycles. The molecule has 4 nitrogen and oxygen atoms in total. The maximum absolute atomic E-state index is 13.3. The molecule has 7 heteroatoms. The van der Waals surface area contributed by atoms with Gasteiger partial charge in [-0.1, -0.05) is 72.0 Å². The Labute approximate surface area is 208 Å². The number of thioether (sulfide) groups is 1. The molecule has 0 unspecified atom stereocenters. The Kier molecular flexibility index (Phi) is 6.41. The van der Waals surface area contributed by atoms with E-state index in [0.717, 1.165) is 59.3 Å². The molecule has 0 radical (unpaired) electrons. The molecule has 3 aromatic rings. The van der Waals surface area contributed by atoms with Crippen LogP contribution in [0, 0.1) is 6.92 Å². The predicted octanol–water partition coefficient (Wildman–Crippen LogP) is 6.59. The lowest BCUT2D eigenvalue weighted by atomic mass is 10.1. The molecule has 2 aliphatic heterocycles. The van der Waals surface area contributed by atoms with Gasteiger partial charge in [-0.2, -0.15) is 0 Å². The maximum atomic E-state index is 13.3. The first-order chi connectivity index (χ1) is 16.0. The number of fused-ring (bicyclic) bond motifs is 1. The molecule has 5 rings (SSSR count). The zero-order valence-corrected chi connectivity index (χ0v) is 20.8. The van der Waals surface area contributed by atoms with Crippen molar-refractivity contribution in [1.29, 1.82) is 0 Å². The molecule has 168 valence electrons. The van der Waals surface area contributed by atoms with Crippen LogP contribution in [-0.4, -0.2) is 33.2 Å². The van der Waals surface area contributed by atoms with Gasteiger partial charge in [0.15, 0.2) is 0 Å². The highest BCUT2D eigenvalue weighted by Gasteiger charge is 2.33. The highest BCUT2D eigenvalue weighted by molar-refractivity contribution is 8.26. The van der Waals surface area contributed by atoms with E-state index in [1.165, 1.54) is 18.2 Å². The van der Waals surface area contributed by atoms with Gasteiger partial charge < -0.3 is 4.90 Å². The quantitative estimate of drug-likeness (QED) is 0.302. The van der Waals surface area contributed by atoms with Crippen LogP contribution in [0.15, 0.2) is 53.4 Å². The van der Waals surface area contributed by atoms with Crippen molar-refractivity contribution in [3.05, 3.63) is 75.1 Å². The molecule has 0 saturated carbocycles. The average Bonchev–Trinajstić information content (AvgIpc) is 3.08. The van der Waals surface area contributed by atoms with Gasteiger partial charge in [-0.3, -0.25) is 9.69 Å². The van der Waals surface area contributed by atoms with Gasteiger partial charge in [0.2, 0.25) is 0 Å². The van der Waals surface area contributed by atoms with E-state index in [0.29, 0.717) is 20.8 Å². The van der Waals surface area contributed by atoms with Crippen LogP contribution in [0.3, 0.4) is 0 Å². The number of carbonyl (C=O) groups excluding carboxylic acids is 1. The van der Waals surface area contributed by atoms with Crippen LogP contribution in [0.2, 0.25) is 5.02 Å². The standard InChI is InChI=1S/C26H24ClN3OS2/c1-17-8-7-10-18-14-20(24(28-23(17)18)29-12-5-2-6-13-29)15-22-25(31)30(26(32)33-22)16-19-9-3-4-11-21(19)27/h3-4,7-11,14-15H,2,5-6,12-13,16H2,1H3/b22-15-. The summed E-state index contributed by atoms with van der Waals surface area (Å²) in [5.74, 6) is 0.867. The van der Waals surface area contributed by atoms with Gasteiger partial charge in [-0.05, 0) is 55.5 Å². The van der Waals surface area contributed by atoms with E-state index in [1.54, 1.807) is 4.90 Å². The summed E-state index contributed by atoms with van der Waals surface area (Å²) in [6.45, 7) is 4.43. The van der Waals surface area contributed by atoms with E-state index < -0.39 is 0 Å². The number of aryl methyl sites for hydroxylation is 1. The van der Waals surface area contributed by atoms with Crippen molar-refractivity contribution in [1.82, 2.24) is 9.88 Å². The second-order valence-corrected chi connectivity index (χ2v) is 10.5. The number of benzene rings is 2. The third kappa shape index (κ3) is 4.52. The summed E-state index contributed by atoms with van der Waals surface area (Å²) in [6, 6.07) is 15.9. The number of hydrogen-bond acceptors (Lipinski definition) is 5. The van der Waals surface area contributed by atoms with Crippen molar-refractivity contribution in [2.24, 2.45) is 0 Å². The average molecular weight is 494 g/mol. The number of hydrogen-bond donors (Lipinski definition) is 0. The monoisotopic (exact) mass is 493 g/mol. The van der Waals surface area contributed by atoms with Crippen molar-refractivity contribution >= 4 is 68.6 Å². The number of para-hydroxylation sites is 1. The van der Waals surface area contributed by atoms with Crippen molar-refractivity contribution in [3.63, 3.8) is 0 Å². The minimum atomic E-state index is -0.0844. The largest absolute Gasteiger partial charge is 0.356 e. The van der Waals surface area contributed by atoms with Crippen molar-refractivity contribution in [2.75, 3.05) is 18.0 Å². The lowest BCUT2D eigenvalue weighted by Crippen LogP contribution is -2.31. The summed E-state index contributed by atoms with van der Waals surface area (Å²) < 4.78 is 0.551. The summed E-state index contributed by atoms with van der Waals surface area (Å²) >= 11 is 13.2. The minimum absolute atomic E-state index is 0.0844. The Balaban J connectivity index is 1.53. The van der Waals surface area contributed by atoms with E-state index in [9.17, 15) is 4.79 Å². The van der Waals surface area contributed by atoms with Crippen LogP contribution >= 0.6 is 35.6 Å². The molecule has 3 heterocycles. The summed E-state index contributed by atoms with van der Waals surface area (Å²) in [4.78, 5) is 23.0. The summed E-state index contributed by atoms with van der Waals surface area (Å²) in [5, 5.41) is 1.71. The molecule has 2 saturated heterocycles. The van der Waals surface area contributed by atoms with Crippen LogP contribution in [0.4, 0.5) is 5.82 Å². The second kappa shape index (κ2) is 9.45. The van der Waals surface area contributed by atoms with Crippen LogP contribution < -0.4 is 4.90 Å². The minimum Gasteiger partial charge on any atom is -0.356 e. The van der Waals surface area contributed by atoms with Gasteiger partial charge in [0.25, 0.3) is 5.91 Å². The molecule has 0 aliphatic carbocycles. The molecule has 0 N–H and O–H groups in total. The Bertz CT molecular complexity index is 1280. The molecule has 2 aliphatic rings. The van der Waals surface area contributed by atoms with Gasteiger partial charge in [0, 0.05) is 29.1 Å². The Morgan fingerprint density at radius 2 is 1.91 bits per heavy atom. The molecule has 0 bridgehead atoms. The predicted molar refractivity (Wildman–Crippen MR) is 143 cm³/mol. The molecule has 0 spiro atoms. The fourth-order valence-electron chi connectivity index (χ4n) is 4.39. The Morgan fingerprint density at radius 1 is 1.12 bits per heavy atom. The number of pyridine rings is 1. The molecular weight excluding hydrogens is 470 g/mol. The molecule has 33 heavy (non-hydrogen) atoms. The first-order valence-corrected chi connectivity index (χ1v) is 12.8. The van der Waals surface area contributed by atoms with E-state index in [4.69, 9.17) is 28.8 Å². The zero-order valence-electron chi connectivity index (χ0n) is 18.4. The topological polar surface area (TPSA) is 36.4 Å². The number of aromatic nitrogens is 1. The lowest BCUT2D eigenvalue weighted by molar-refractivity contribution is -0.122. The van der Waals surface area contributed by atoms with Gasteiger partial charge in [-0.15, -0.1) is 0 Å². The smallest absolute Gasteiger partial charge is 0.266 e. The Hall–Kier alpha value is -2.41. The number of thiocarbonyl (C=S) groups is 1. The normalized spacial score (nSPS) is 18.1. The second-order valence-electron chi connectivity index (χ2n) is 8.45. The maximum Gasteiger partial charge on any atom is 0.266 e. The third-order valence-corrected chi connectivity index (χ3v) is 7.90. The molecular formula is C26H24ClN3OS2. The van der Waals surface area contributed by atoms with Gasteiger partial charge in [-0.25, -0.2) is 4.98 Å². The van der Waals surface area contributed by atoms with Crippen molar-refractivity contribution in [3.8, 4) is 0 Å². The van der Waals surface area contributed by atoms with E-state index in [-0.39, 0.29) is 5.91 Å².